The molecule has 0 bridgehead atoms. The molecule has 0 unspecified atom stereocenters. The molecule has 2 aromatic rings. The van der Waals surface area contributed by atoms with Crippen molar-refractivity contribution in [3.8, 4) is 11.5 Å². The lowest BCUT2D eigenvalue weighted by Gasteiger charge is -1.98. The zero-order chi connectivity index (χ0) is 15.8. The van der Waals surface area contributed by atoms with E-state index in [1.165, 1.54) is 0 Å². The fraction of sp³-hybridized carbons (Fsp3) is 0.0588. The molecular weight excluding hydrogens is 409 g/mol. The molecule has 0 atom stereocenters. The second kappa shape index (κ2) is 5.69. The Morgan fingerprint density at radius 3 is 2.65 bits per heavy atom. The molecule has 114 valence electrons. The largest absolute Gasteiger partial charge is 0.454 e. The molecule has 0 aromatic heterocycles. The highest BCUT2D eigenvalue weighted by molar-refractivity contribution is 14.1. The Morgan fingerprint density at radius 1 is 1.04 bits per heavy atom. The Kier molecular flexibility index (Phi) is 3.53. The Hall–Kier alpha value is -2.35. The maximum absolute atomic E-state index is 12.0. The van der Waals surface area contributed by atoms with Crippen molar-refractivity contribution in [2.45, 2.75) is 0 Å². The Labute approximate surface area is 145 Å². The van der Waals surface area contributed by atoms with E-state index >= 15 is 0 Å². The van der Waals surface area contributed by atoms with Gasteiger partial charge in [0.1, 0.15) is 0 Å². The Balaban J connectivity index is 1.65. The molecular formula is C17H10INO4. The van der Waals surface area contributed by atoms with Gasteiger partial charge in [-0.25, -0.2) is 9.79 Å². The molecule has 2 aromatic carbocycles. The lowest BCUT2D eigenvalue weighted by molar-refractivity contribution is -0.129. The minimum atomic E-state index is -0.462. The van der Waals surface area contributed by atoms with E-state index in [1.54, 1.807) is 18.2 Å². The quantitative estimate of drug-likeness (QED) is 0.426. The maximum Gasteiger partial charge on any atom is 0.363 e. The van der Waals surface area contributed by atoms with E-state index in [2.05, 4.69) is 27.6 Å². The fourth-order valence-corrected chi connectivity index (χ4v) is 2.65. The van der Waals surface area contributed by atoms with Gasteiger partial charge in [-0.15, -0.1) is 0 Å². The molecule has 0 N–H and O–H groups in total. The average Bonchev–Trinajstić information content (AvgIpc) is 3.15. The van der Waals surface area contributed by atoms with E-state index in [0.717, 1.165) is 14.7 Å². The molecule has 0 fully saturated rings. The van der Waals surface area contributed by atoms with E-state index < -0.39 is 5.97 Å². The van der Waals surface area contributed by atoms with Gasteiger partial charge in [-0.1, -0.05) is 6.07 Å². The number of hydrogen-bond acceptors (Lipinski definition) is 5. The number of aliphatic imine (C=N–C) groups is 1. The predicted molar refractivity (Wildman–Crippen MR) is 92.3 cm³/mol. The molecule has 5 nitrogen and oxygen atoms in total. The molecule has 4 rings (SSSR count). The number of cyclic esters (lactones) is 1. The first-order valence-electron chi connectivity index (χ1n) is 6.87. The number of hydrogen-bond donors (Lipinski definition) is 0. The van der Waals surface area contributed by atoms with Crippen molar-refractivity contribution in [1.29, 1.82) is 0 Å². The van der Waals surface area contributed by atoms with Crippen LogP contribution in [0.15, 0.2) is 53.2 Å². The maximum atomic E-state index is 12.0. The van der Waals surface area contributed by atoms with Crippen molar-refractivity contribution in [3.63, 3.8) is 0 Å². The van der Waals surface area contributed by atoms with E-state index in [9.17, 15) is 4.79 Å². The van der Waals surface area contributed by atoms with Crippen LogP contribution in [0.5, 0.6) is 11.5 Å². The first-order valence-corrected chi connectivity index (χ1v) is 7.95. The minimum absolute atomic E-state index is 0.215. The van der Waals surface area contributed by atoms with Gasteiger partial charge in [0.05, 0.1) is 0 Å². The summed E-state index contributed by atoms with van der Waals surface area (Å²) in [6.45, 7) is 0.215. The van der Waals surface area contributed by atoms with Gasteiger partial charge < -0.3 is 14.2 Å². The van der Waals surface area contributed by atoms with Crippen LogP contribution in [-0.4, -0.2) is 18.7 Å². The van der Waals surface area contributed by atoms with Gasteiger partial charge in [0.2, 0.25) is 12.7 Å². The summed E-state index contributed by atoms with van der Waals surface area (Å²) in [7, 11) is 0. The molecule has 2 aliphatic heterocycles. The number of rotatable bonds is 2. The minimum Gasteiger partial charge on any atom is -0.454 e. The van der Waals surface area contributed by atoms with Crippen molar-refractivity contribution in [2.75, 3.05) is 6.79 Å². The highest BCUT2D eigenvalue weighted by Gasteiger charge is 2.24. The first kappa shape index (κ1) is 14.3. The lowest BCUT2D eigenvalue weighted by atomic mass is 10.1. The van der Waals surface area contributed by atoms with Crippen LogP contribution >= 0.6 is 22.6 Å². The SMILES string of the molecule is O=C1OC(c2ccc(I)cc2)=N/C1=C/c1ccc2c(c1)OCO2. The van der Waals surface area contributed by atoms with Gasteiger partial charge in [0.15, 0.2) is 17.2 Å². The second-order valence-electron chi connectivity index (χ2n) is 4.96. The zero-order valence-electron chi connectivity index (χ0n) is 11.8. The highest BCUT2D eigenvalue weighted by Crippen LogP contribution is 2.33. The second-order valence-corrected chi connectivity index (χ2v) is 6.20. The molecule has 0 aliphatic carbocycles. The monoisotopic (exact) mass is 419 g/mol. The number of ether oxygens (including phenoxy) is 3. The smallest absolute Gasteiger partial charge is 0.363 e. The van der Waals surface area contributed by atoms with Crippen LogP contribution in [-0.2, 0) is 9.53 Å². The number of halogens is 1. The summed E-state index contributed by atoms with van der Waals surface area (Å²) < 4.78 is 16.9. The van der Waals surface area contributed by atoms with Crippen molar-refractivity contribution in [2.24, 2.45) is 4.99 Å². The third-order valence-corrected chi connectivity index (χ3v) is 4.13. The summed E-state index contributed by atoms with van der Waals surface area (Å²) in [5.41, 5.74) is 1.83. The summed E-state index contributed by atoms with van der Waals surface area (Å²) in [6, 6.07) is 13.1. The van der Waals surface area contributed by atoms with Crippen molar-refractivity contribution < 1.29 is 19.0 Å². The molecule has 2 heterocycles. The summed E-state index contributed by atoms with van der Waals surface area (Å²) in [4.78, 5) is 16.3. The predicted octanol–water partition coefficient (Wildman–Crippen LogP) is 3.36. The van der Waals surface area contributed by atoms with E-state index in [1.807, 2.05) is 30.3 Å². The number of nitrogens with zero attached hydrogens (tertiary/aromatic N) is 1. The fourth-order valence-electron chi connectivity index (χ4n) is 2.29. The zero-order valence-corrected chi connectivity index (χ0v) is 13.9. The molecule has 0 saturated carbocycles. The summed E-state index contributed by atoms with van der Waals surface area (Å²) in [6.07, 6.45) is 1.67. The van der Waals surface area contributed by atoms with Crippen molar-refractivity contribution in [1.82, 2.24) is 0 Å². The van der Waals surface area contributed by atoms with Crippen LogP contribution in [0.2, 0.25) is 0 Å². The first-order chi connectivity index (χ1) is 11.2. The molecule has 23 heavy (non-hydrogen) atoms. The van der Waals surface area contributed by atoms with Gasteiger partial charge in [-0.3, -0.25) is 0 Å². The number of esters is 1. The van der Waals surface area contributed by atoms with E-state index in [0.29, 0.717) is 17.4 Å². The normalized spacial score (nSPS) is 17.3. The van der Waals surface area contributed by atoms with Crippen LogP contribution in [0.4, 0.5) is 0 Å². The van der Waals surface area contributed by atoms with E-state index in [4.69, 9.17) is 14.2 Å². The summed E-state index contributed by atoms with van der Waals surface area (Å²) >= 11 is 2.22. The number of carbonyl (C=O) groups is 1. The third-order valence-electron chi connectivity index (χ3n) is 3.41. The average molecular weight is 419 g/mol. The standard InChI is InChI=1S/C17H10INO4/c18-12-4-2-11(3-5-12)16-19-13(17(20)23-16)7-10-1-6-14-15(8-10)22-9-21-14/h1-8H,9H2/b13-7+. The van der Waals surface area contributed by atoms with Crippen LogP contribution in [0.25, 0.3) is 6.08 Å². The third kappa shape index (κ3) is 2.81. The van der Waals surface area contributed by atoms with Gasteiger partial charge in [-0.05, 0) is 70.6 Å². The van der Waals surface area contributed by atoms with Crippen LogP contribution in [0.1, 0.15) is 11.1 Å². The number of benzene rings is 2. The lowest BCUT2D eigenvalue weighted by Crippen LogP contribution is -2.05. The topological polar surface area (TPSA) is 57.1 Å². The summed E-state index contributed by atoms with van der Waals surface area (Å²) in [5.74, 6) is 1.21. The molecule has 6 heteroatoms. The van der Waals surface area contributed by atoms with Crippen molar-refractivity contribution in [3.05, 3.63) is 62.9 Å². The van der Waals surface area contributed by atoms with Crippen LogP contribution in [0, 0.1) is 3.57 Å². The molecule has 0 amide bonds. The summed E-state index contributed by atoms with van der Waals surface area (Å²) in [5, 5.41) is 0. The van der Waals surface area contributed by atoms with Gasteiger partial charge >= 0.3 is 5.97 Å². The van der Waals surface area contributed by atoms with Gasteiger partial charge in [-0.2, -0.15) is 0 Å². The number of fused-ring (bicyclic) bond motifs is 1. The Morgan fingerprint density at radius 2 is 1.83 bits per heavy atom. The molecule has 2 aliphatic rings. The van der Waals surface area contributed by atoms with Gasteiger partial charge in [0, 0.05) is 9.13 Å². The molecule has 0 radical (unpaired) electrons. The Bertz CT molecular complexity index is 855. The van der Waals surface area contributed by atoms with Gasteiger partial charge in [0.25, 0.3) is 0 Å². The number of carbonyl (C=O) groups excluding carboxylic acids is 1. The van der Waals surface area contributed by atoms with Crippen molar-refractivity contribution >= 4 is 40.5 Å². The molecule has 0 saturated heterocycles. The molecule has 0 spiro atoms. The van der Waals surface area contributed by atoms with Crippen LogP contribution in [0.3, 0.4) is 0 Å². The highest BCUT2D eigenvalue weighted by atomic mass is 127. The van der Waals surface area contributed by atoms with Crippen LogP contribution < -0.4 is 9.47 Å². The van der Waals surface area contributed by atoms with E-state index in [-0.39, 0.29) is 12.5 Å².